The van der Waals surface area contributed by atoms with Crippen molar-refractivity contribution in [3.63, 3.8) is 0 Å². The van der Waals surface area contributed by atoms with Gasteiger partial charge in [0.05, 0.1) is 5.75 Å². The van der Waals surface area contributed by atoms with Gasteiger partial charge in [-0.15, -0.1) is 0 Å². The Morgan fingerprint density at radius 3 is 2.86 bits per heavy atom. The largest absolute Gasteiger partial charge is 0.451 e. The summed E-state index contributed by atoms with van der Waals surface area (Å²) >= 11 is 6.33. The van der Waals surface area contributed by atoms with Crippen LogP contribution in [-0.4, -0.2) is 57.0 Å². The Kier molecular flexibility index (Phi) is 5.56. The fourth-order valence-electron chi connectivity index (χ4n) is 1.83. The van der Waals surface area contributed by atoms with Crippen molar-refractivity contribution in [3.8, 4) is 0 Å². The number of nitrogens with zero attached hydrogens (tertiary/aromatic N) is 2. The van der Waals surface area contributed by atoms with Crippen LogP contribution in [0.3, 0.4) is 0 Å². The lowest BCUT2D eigenvalue weighted by molar-refractivity contribution is -0.126. The SMILES string of the molecule is Cn1cccc1C(=O)OCC(=O)NCCN1C(=O)CSC1=S. The van der Waals surface area contributed by atoms with E-state index >= 15 is 0 Å². The number of hydrogen-bond acceptors (Lipinski definition) is 6. The predicted molar refractivity (Wildman–Crippen MR) is 85.5 cm³/mol. The summed E-state index contributed by atoms with van der Waals surface area (Å²) in [4.78, 5) is 36.2. The molecule has 9 heteroatoms. The summed E-state index contributed by atoms with van der Waals surface area (Å²) in [6.07, 6.45) is 1.71. The monoisotopic (exact) mass is 341 g/mol. The standard InChI is InChI=1S/C13H15N3O4S2/c1-15-5-2-3-9(15)12(19)20-7-10(17)14-4-6-16-11(18)8-22-13(16)21/h2-3,5H,4,6-8H2,1H3,(H,14,17). The molecule has 2 heterocycles. The summed E-state index contributed by atoms with van der Waals surface area (Å²) in [5.74, 6) is -0.691. The number of amides is 2. The lowest BCUT2D eigenvalue weighted by atomic mass is 10.4. The quantitative estimate of drug-likeness (QED) is 0.586. The smallest absolute Gasteiger partial charge is 0.355 e. The van der Waals surface area contributed by atoms with Crippen LogP contribution in [-0.2, 0) is 21.4 Å². The van der Waals surface area contributed by atoms with E-state index in [-0.39, 0.29) is 19.1 Å². The summed E-state index contributed by atoms with van der Waals surface area (Å²) in [5.41, 5.74) is 0.373. The van der Waals surface area contributed by atoms with E-state index in [1.165, 1.54) is 16.7 Å². The number of ether oxygens (including phenoxy) is 1. The van der Waals surface area contributed by atoms with Gasteiger partial charge in [0, 0.05) is 26.3 Å². The van der Waals surface area contributed by atoms with Crippen LogP contribution in [0.4, 0.5) is 0 Å². The maximum atomic E-state index is 11.7. The zero-order valence-corrected chi connectivity index (χ0v) is 13.5. The van der Waals surface area contributed by atoms with E-state index in [2.05, 4.69) is 5.32 Å². The van der Waals surface area contributed by atoms with Gasteiger partial charge in [-0.2, -0.15) is 0 Å². The molecule has 1 aliphatic rings. The molecule has 1 fully saturated rings. The van der Waals surface area contributed by atoms with Gasteiger partial charge in [-0.05, 0) is 12.1 Å². The zero-order chi connectivity index (χ0) is 16.1. The van der Waals surface area contributed by atoms with Crippen molar-refractivity contribution in [2.24, 2.45) is 7.05 Å². The topological polar surface area (TPSA) is 80.6 Å². The van der Waals surface area contributed by atoms with Crippen molar-refractivity contribution in [2.45, 2.75) is 0 Å². The van der Waals surface area contributed by atoms with Crippen LogP contribution in [0.25, 0.3) is 0 Å². The first kappa shape index (κ1) is 16.5. The van der Waals surface area contributed by atoms with Crippen LogP contribution in [0.2, 0.25) is 0 Å². The summed E-state index contributed by atoms with van der Waals surface area (Å²) in [6, 6.07) is 3.32. The maximum Gasteiger partial charge on any atom is 0.355 e. The van der Waals surface area contributed by atoms with E-state index < -0.39 is 11.9 Å². The van der Waals surface area contributed by atoms with Crippen LogP contribution in [0.5, 0.6) is 0 Å². The van der Waals surface area contributed by atoms with Gasteiger partial charge in [0.1, 0.15) is 10.0 Å². The van der Waals surface area contributed by atoms with Gasteiger partial charge in [-0.25, -0.2) is 4.79 Å². The zero-order valence-electron chi connectivity index (χ0n) is 11.9. The highest BCUT2D eigenvalue weighted by Crippen LogP contribution is 2.18. The van der Waals surface area contributed by atoms with Gasteiger partial charge in [-0.3, -0.25) is 14.5 Å². The molecule has 1 saturated heterocycles. The van der Waals surface area contributed by atoms with Gasteiger partial charge in [-0.1, -0.05) is 24.0 Å². The number of carbonyl (C=O) groups excluding carboxylic acids is 3. The fraction of sp³-hybridized carbons (Fsp3) is 0.385. The second kappa shape index (κ2) is 7.41. The van der Waals surface area contributed by atoms with Gasteiger partial charge in [0.15, 0.2) is 6.61 Å². The van der Waals surface area contributed by atoms with E-state index in [1.807, 2.05) is 0 Å². The van der Waals surface area contributed by atoms with Crippen LogP contribution in [0.1, 0.15) is 10.5 Å². The summed E-state index contributed by atoms with van der Waals surface area (Å²) in [7, 11) is 1.71. The molecule has 2 rings (SSSR count). The van der Waals surface area contributed by atoms with Gasteiger partial charge >= 0.3 is 5.97 Å². The molecular formula is C13H15N3O4S2. The van der Waals surface area contributed by atoms with E-state index in [1.54, 1.807) is 29.9 Å². The lowest BCUT2D eigenvalue weighted by Crippen LogP contribution is -2.38. The third-order valence-electron chi connectivity index (χ3n) is 2.99. The molecule has 0 aromatic carbocycles. The molecule has 7 nitrogen and oxygen atoms in total. The lowest BCUT2D eigenvalue weighted by Gasteiger charge is -2.15. The first-order valence-electron chi connectivity index (χ1n) is 6.51. The molecular weight excluding hydrogens is 326 g/mol. The fourth-order valence-corrected chi connectivity index (χ4v) is 2.96. The van der Waals surface area contributed by atoms with E-state index in [0.717, 1.165) is 0 Å². The van der Waals surface area contributed by atoms with Crippen LogP contribution in [0, 0.1) is 0 Å². The molecule has 0 unspecified atom stereocenters. The first-order chi connectivity index (χ1) is 10.5. The molecule has 1 aromatic rings. The minimum absolute atomic E-state index is 0.0561. The van der Waals surface area contributed by atoms with E-state index in [4.69, 9.17) is 17.0 Å². The number of rotatable bonds is 6. The number of aryl methyl sites for hydroxylation is 1. The molecule has 0 bridgehead atoms. The van der Waals surface area contributed by atoms with Crippen LogP contribution < -0.4 is 5.32 Å². The third-order valence-corrected chi connectivity index (χ3v) is 4.42. The van der Waals surface area contributed by atoms with Crippen molar-refractivity contribution in [1.29, 1.82) is 0 Å². The second-order valence-corrected chi connectivity index (χ2v) is 6.14. The molecule has 2 amide bonds. The number of nitrogens with one attached hydrogen (secondary N) is 1. The Labute approximate surface area is 137 Å². The normalized spacial score (nSPS) is 14.3. The van der Waals surface area contributed by atoms with Crippen molar-refractivity contribution in [1.82, 2.24) is 14.8 Å². The van der Waals surface area contributed by atoms with E-state index in [0.29, 0.717) is 22.3 Å². The van der Waals surface area contributed by atoms with Gasteiger partial charge in [0.25, 0.3) is 5.91 Å². The third kappa shape index (κ3) is 4.08. The second-order valence-electron chi connectivity index (χ2n) is 4.53. The number of thiocarbonyl (C=S) groups is 1. The Hall–Kier alpha value is -1.87. The Morgan fingerprint density at radius 2 is 2.27 bits per heavy atom. The minimum atomic E-state index is -0.560. The van der Waals surface area contributed by atoms with Crippen molar-refractivity contribution < 1.29 is 19.1 Å². The van der Waals surface area contributed by atoms with Crippen molar-refractivity contribution in [3.05, 3.63) is 24.0 Å². The Bertz CT molecular complexity index is 598. The van der Waals surface area contributed by atoms with Crippen LogP contribution in [0.15, 0.2) is 18.3 Å². The molecule has 1 aromatic heterocycles. The molecule has 0 saturated carbocycles. The van der Waals surface area contributed by atoms with Crippen molar-refractivity contribution >= 4 is 46.1 Å². The molecule has 1 aliphatic heterocycles. The highest BCUT2D eigenvalue weighted by atomic mass is 32.2. The number of hydrogen-bond donors (Lipinski definition) is 1. The van der Waals surface area contributed by atoms with Crippen molar-refractivity contribution in [2.75, 3.05) is 25.4 Å². The summed E-state index contributed by atoms with van der Waals surface area (Å²) < 4.78 is 7.04. The summed E-state index contributed by atoms with van der Waals surface area (Å²) in [5, 5.41) is 2.58. The summed E-state index contributed by atoms with van der Waals surface area (Å²) in [6.45, 7) is 0.215. The molecule has 0 radical (unpaired) electrons. The average molecular weight is 341 g/mol. The molecule has 1 N–H and O–H groups in total. The predicted octanol–water partition coefficient (Wildman–Crippen LogP) is 0.158. The molecule has 0 spiro atoms. The average Bonchev–Trinajstić information content (AvgIpc) is 3.04. The van der Waals surface area contributed by atoms with Gasteiger partial charge in [0.2, 0.25) is 5.91 Å². The minimum Gasteiger partial charge on any atom is -0.451 e. The number of carbonyl (C=O) groups is 3. The number of thioether (sulfide) groups is 1. The number of aromatic nitrogens is 1. The highest BCUT2D eigenvalue weighted by molar-refractivity contribution is 8.23. The Balaban J connectivity index is 1.68. The molecule has 0 aliphatic carbocycles. The van der Waals surface area contributed by atoms with Crippen LogP contribution >= 0.6 is 24.0 Å². The maximum absolute atomic E-state index is 11.7. The van der Waals surface area contributed by atoms with Gasteiger partial charge < -0.3 is 14.6 Å². The molecule has 118 valence electrons. The molecule has 22 heavy (non-hydrogen) atoms. The number of esters is 1. The van der Waals surface area contributed by atoms with E-state index in [9.17, 15) is 14.4 Å². The first-order valence-corrected chi connectivity index (χ1v) is 7.90. The Morgan fingerprint density at radius 1 is 1.50 bits per heavy atom. The highest BCUT2D eigenvalue weighted by Gasteiger charge is 2.25. The molecule has 0 atom stereocenters.